The predicted octanol–water partition coefficient (Wildman–Crippen LogP) is 0.212. The maximum Gasteiger partial charge on any atom is 0.316 e. The number of nitrogens with one attached hydrogen (secondary N) is 2. The van der Waals surface area contributed by atoms with Crippen LogP contribution in [0.5, 0.6) is 0 Å². The number of carbonyl (C=O) groups excluding carboxylic acids is 1. The van der Waals surface area contributed by atoms with Crippen molar-refractivity contribution in [3.05, 3.63) is 11.1 Å². The van der Waals surface area contributed by atoms with Gasteiger partial charge >= 0.3 is 6.03 Å². The van der Waals surface area contributed by atoms with Gasteiger partial charge in [-0.1, -0.05) is 0 Å². The number of carbonyl (C=O) groups is 1. The average molecular weight is 215 g/mol. The van der Waals surface area contributed by atoms with Crippen LogP contribution >= 0.6 is 12.2 Å². The number of rotatable bonds is 3. The van der Waals surface area contributed by atoms with E-state index in [0.717, 1.165) is 0 Å². The number of H-pyrrole nitrogens is 1. The zero-order valence-corrected chi connectivity index (χ0v) is 8.97. The van der Waals surface area contributed by atoms with Crippen molar-refractivity contribution in [1.29, 1.82) is 0 Å². The molecule has 0 unspecified atom stereocenters. The molecule has 6 nitrogen and oxygen atoms in total. The van der Waals surface area contributed by atoms with Crippen molar-refractivity contribution in [3.8, 4) is 0 Å². The van der Waals surface area contributed by atoms with Crippen LogP contribution < -0.4 is 5.32 Å². The van der Waals surface area contributed by atoms with Crippen LogP contribution in [0.25, 0.3) is 0 Å². The maximum absolute atomic E-state index is 11.1. The number of hydrogen-bond donors (Lipinski definition) is 2. The highest BCUT2D eigenvalue weighted by Crippen LogP contribution is 1.86. The highest BCUT2D eigenvalue weighted by Gasteiger charge is 2.01. The Bertz CT molecular complexity index is 355. The van der Waals surface area contributed by atoms with Gasteiger partial charge in [-0.3, -0.25) is 5.10 Å². The molecule has 0 atom stereocenters. The first-order valence-electron chi connectivity index (χ1n) is 4.16. The van der Waals surface area contributed by atoms with E-state index < -0.39 is 0 Å². The molecule has 0 spiro atoms. The molecule has 0 aromatic carbocycles. The normalized spacial score (nSPS) is 9.86. The number of hydrogen-bond acceptors (Lipinski definition) is 3. The van der Waals surface area contributed by atoms with Crippen molar-refractivity contribution in [1.82, 2.24) is 25.0 Å². The van der Waals surface area contributed by atoms with Gasteiger partial charge in [-0.25, -0.2) is 4.79 Å². The van der Waals surface area contributed by atoms with Crippen LogP contribution in [0.1, 0.15) is 0 Å². The minimum Gasteiger partial charge on any atom is -0.336 e. The van der Waals surface area contributed by atoms with Crippen molar-refractivity contribution in [3.63, 3.8) is 0 Å². The molecule has 1 heterocycles. The number of aromatic amines is 1. The lowest BCUT2D eigenvalue weighted by Crippen LogP contribution is -2.36. The van der Waals surface area contributed by atoms with E-state index in [1.165, 1.54) is 4.90 Å². The van der Waals surface area contributed by atoms with E-state index in [1.54, 1.807) is 25.0 Å². The van der Waals surface area contributed by atoms with E-state index in [9.17, 15) is 4.79 Å². The summed E-state index contributed by atoms with van der Waals surface area (Å²) in [5, 5.41) is 9.13. The highest BCUT2D eigenvalue weighted by atomic mass is 32.1. The lowest BCUT2D eigenvalue weighted by Gasteiger charge is -2.11. The van der Waals surface area contributed by atoms with Crippen molar-refractivity contribution < 1.29 is 4.79 Å². The van der Waals surface area contributed by atoms with Gasteiger partial charge in [0.2, 0.25) is 0 Å². The molecule has 2 N–H and O–H groups in total. The van der Waals surface area contributed by atoms with E-state index >= 15 is 0 Å². The van der Waals surface area contributed by atoms with Crippen LogP contribution in [-0.4, -0.2) is 46.3 Å². The zero-order chi connectivity index (χ0) is 10.6. The van der Waals surface area contributed by atoms with Crippen LogP contribution in [0.2, 0.25) is 0 Å². The summed E-state index contributed by atoms with van der Waals surface area (Å²) in [6.07, 6.45) is 1.60. The molecule has 1 aromatic heterocycles. The predicted molar refractivity (Wildman–Crippen MR) is 54.5 cm³/mol. The SMILES string of the molecule is CN(C)C(=O)NCCn1cn[nH]c1=S. The Hall–Kier alpha value is -1.37. The molecule has 0 aliphatic rings. The quantitative estimate of drug-likeness (QED) is 0.708. The first-order chi connectivity index (χ1) is 6.61. The van der Waals surface area contributed by atoms with E-state index in [1.807, 2.05) is 0 Å². The fourth-order valence-electron chi connectivity index (χ4n) is 0.871. The fraction of sp³-hybridized carbons (Fsp3) is 0.571. The highest BCUT2D eigenvalue weighted by molar-refractivity contribution is 7.71. The summed E-state index contributed by atoms with van der Waals surface area (Å²) in [6.45, 7) is 1.15. The molecule has 1 rings (SSSR count). The summed E-state index contributed by atoms with van der Waals surface area (Å²) in [4.78, 5) is 12.6. The lowest BCUT2D eigenvalue weighted by molar-refractivity contribution is 0.217. The van der Waals surface area contributed by atoms with Gasteiger partial charge in [0.1, 0.15) is 6.33 Å². The Kier molecular flexibility index (Phi) is 3.63. The molecule has 0 radical (unpaired) electrons. The molecule has 1 aromatic rings. The Labute approximate surface area is 86.9 Å². The van der Waals surface area contributed by atoms with Crippen molar-refractivity contribution in [2.24, 2.45) is 0 Å². The molecule has 14 heavy (non-hydrogen) atoms. The molecule has 0 aliphatic heterocycles. The van der Waals surface area contributed by atoms with Crippen molar-refractivity contribution in [2.45, 2.75) is 6.54 Å². The van der Waals surface area contributed by atoms with Crippen LogP contribution in [-0.2, 0) is 6.54 Å². The lowest BCUT2D eigenvalue weighted by atomic mass is 10.6. The summed E-state index contributed by atoms with van der Waals surface area (Å²) in [5.41, 5.74) is 0. The largest absolute Gasteiger partial charge is 0.336 e. The van der Waals surface area contributed by atoms with Gasteiger partial charge in [0.25, 0.3) is 0 Å². The molecule has 0 fully saturated rings. The number of urea groups is 1. The molecule has 0 bridgehead atoms. The van der Waals surface area contributed by atoms with Crippen LogP contribution in [0.15, 0.2) is 6.33 Å². The van der Waals surface area contributed by atoms with Crippen LogP contribution in [0.3, 0.4) is 0 Å². The summed E-state index contributed by atoms with van der Waals surface area (Å²) in [5.74, 6) is 0. The van der Waals surface area contributed by atoms with Crippen molar-refractivity contribution >= 4 is 18.2 Å². The first kappa shape index (κ1) is 10.7. The van der Waals surface area contributed by atoms with E-state index in [0.29, 0.717) is 17.9 Å². The van der Waals surface area contributed by atoms with Gasteiger partial charge in [0.05, 0.1) is 0 Å². The topological polar surface area (TPSA) is 66.0 Å². The van der Waals surface area contributed by atoms with E-state index in [-0.39, 0.29) is 6.03 Å². The Morgan fingerprint density at radius 1 is 1.79 bits per heavy atom. The molecule has 0 saturated heterocycles. The minimum atomic E-state index is -0.111. The summed E-state index contributed by atoms with van der Waals surface area (Å²) in [7, 11) is 3.39. The van der Waals surface area contributed by atoms with Crippen molar-refractivity contribution in [2.75, 3.05) is 20.6 Å². The van der Waals surface area contributed by atoms with Gasteiger partial charge in [-0.2, -0.15) is 5.10 Å². The number of amides is 2. The van der Waals surface area contributed by atoms with Gasteiger partial charge in [0, 0.05) is 27.2 Å². The molecule has 7 heteroatoms. The first-order valence-corrected chi connectivity index (χ1v) is 4.57. The minimum absolute atomic E-state index is 0.111. The standard InChI is InChI=1S/C7H13N5OS/c1-11(2)6(13)8-3-4-12-5-9-10-7(12)14/h5H,3-4H2,1-2H3,(H,8,13)(H,10,14). The van der Waals surface area contributed by atoms with Gasteiger partial charge in [-0.15, -0.1) is 0 Å². The monoisotopic (exact) mass is 215 g/mol. The molecular weight excluding hydrogens is 202 g/mol. The van der Waals surface area contributed by atoms with E-state index in [4.69, 9.17) is 12.2 Å². The van der Waals surface area contributed by atoms with Gasteiger partial charge in [0.15, 0.2) is 4.77 Å². The second-order valence-electron chi connectivity index (χ2n) is 2.98. The molecule has 0 saturated carbocycles. The summed E-state index contributed by atoms with van der Waals surface area (Å²) in [6, 6.07) is -0.111. The second kappa shape index (κ2) is 4.75. The third-order valence-corrected chi connectivity index (χ3v) is 1.98. The summed E-state index contributed by atoms with van der Waals surface area (Å²) < 4.78 is 2.31. The summed E-state index contributed by atoms with van der Waals surface area (Å²) >= 11 is 4.94. The maximum atomic E-state index is 11.1. The Balaban J connectivity index is 2.33. The van der Waals surface area contributed by atoms with Gasteiger partial charge < -0.3 is 14.8 Å². The Morgan fingerprint density at radius 3 is 3.00 bits per heavy atom. The van der Waals surface area contributed by atoms with Crippen LogP contribution in [0, 0.1) is 4.77 Å². The third-order valence-electron chi connectivity index (χ3n) is 1.65. The average Bonchev–Trinajstić information content (AvgIpc) is 2.51. The smallest absolute Gasteiger partial charge is 0.316 e. The number of aromatic nitrogens is 3. The molecule has 78 valence electrons. The van der Waals surface area contributed by atoms with Gasteiger partial charge in [-0.05, 0) is 12.2 Å². The van der Waals surface area contributed by atoms with E-state index in [2.05, 4.69) is 15.5 Å². The zero-order valence-electron chi connectivity index (χ0n) is 8.15. The number of nitrogens with zero attached hydrogens (tertiary/aromatic N) is 3. The Morgan fingerprint density at radius 2 is 2.50 bits per heavy atom. The molecular formula is C7H13N5OS. The molecule has 2 amide bonds. The molecule has 0 aliphatic carbocycles. The second-order valence-corrected chi connectivity index (χ2v) is 3.37. The fourth-order valence-corrected chi connectivity index (χ4v) is 1.06. The van der Waals surface area contributed by atoms with Crippen LogP contribution in [0.4, 0.5) is 4.79 Å². The third kappa shape index (κ3) is 2.84.